The molecule has 0 bridgehead atoms. The second kappa shape index (κ2) is 20.9. The van der Waals surface area contributed by atoms with Crippen LogP contribution in [0, 0.1) is 13.8 Å². The van der Waals surface area contributed by atoms with Crippen molar-refractivity contribution < 1.29 is 36.7 Å². The van der Waals surface area contributed by atoms with E-state index in [1.165, 1.54) is 0 Å². The molecule has 0 unspecified atom stereocenters. The maximum atomic E-state index is 10.6. The number of hydrogen-bond acceptors (Lipinski definition) is 6. The molecule has 0 aliphatic rings. The molecule has 270 valence electrons. The summed E-state index contributed by atoms with van der Waals surface area (Å²) in [5.41, 5.74) is 6.60. The number of ether oxygens (including phenoxy) is 2. The zero-order chi connectivity index (χ0) is 38.2. The Morgan fingerprint density at radius 2 is 0.980 bits per heavy atom. The van der Waals surface area contributed by atoms with E-state index in [2.05, 4.69) is 64.7 Å². The van der Waals surface area contributed by atoms with Crippen molar-refractivity contribution in [3.8, 4) is 23.0 Å². The molecule has 0 spiro atoms. The first-order chi connectivity index (χ1) is 24.1. The van der Waals surface area contributed by atoms with Crippen LogP contribution in [0.25, 0.3) is 0 Å². The molecule has 0 saturated carbocycles. The summed E-state index contributed by atoms with van der Waals surface area (Å²) in [6, 6.07) is 23.0. The van der Waals surface area contributed by atoms with E-state index in [9.17, 15) is 10.2 Å². The number of aryl methyl sites for hydroxylation is 2. The summed E-state index contributed by atoms with van der Waals surface area (Å²) >= 11 is -0.556. The third kappa shape index (κ3) is 14.0. The van der Waals surface area contributed by atoms with Crippen molar-refractivity contribution in [2.75, 3.05) is 13.2 Å². The van der Waals surface area contributed by atoms with E-state index >= 15 is 0 Å². The van der Waals surface area contributed by atoms with E-state index in [0.29, 0.717) is 35.8 Å². The van der Waals surface area contributed by atoms with Gasteiger partial charge >= 0.3 is 35.6 Å². The number of rotatable bonds is 10. The van der Waals surface area contributed by atoms with Gasteiger partial charge in [0.15, 0.2) is 0 Å². The molecule has 0 radical (unpaired) electrons. The Bertz CT molecular complexity index is 1680. The average molecular weight is 766 g/mol. The SMILES string of the molecule is C=CCOc1ccccc1N=Cc1cc(C)cc(C(C)(C)C)c1O.C=CCOc1ccccc1N=Cc1cc(C)cc(C(C)(C)C)c1O.[Cl][Ti][Cl]. The van der Waals surface area contributed by atoms with E-state index in [1.54, 1.807) is 24.6 Å². The molecule has 0 aliphatic heterocycles. The molecule has 51 heavy (non-hydrogen) atoms. The van der Waals surface area contributed by atoms with Crippen molar-refractivity contribution in [3.05, 3.63) is 131 Å². The van der Waals surface area contributed by atoms with E-state index in [-0.39, 0.29) is 22.3 Å². The van der Waals surface area contributed by atoms with Gasteiger partial charge in [-0.1, -0.05) is 103 Å². The molecule has 2 N–H and O–H groups in total. The number of nitrogens with zero attached hydrogens (tertiary/aromatic N) is 2. The Morgan fingerprint density at radius 1 is 0.647 bits per heavy atom. The number of benzene rings is 4. The van der Waals surface area contributed by atoms with Crippen LogP contribution in [0.5, 0.6) is 23.0 Å². The summed E-state index contributed by atoms with van der Waals surface area (Å²) in [6.45, 7) is 24.7. The zero-order valence-electron chi connectivity index (χ0n) is 30.9. The van der Waals surface area contributed by atoms with Crippen molar-refractivity contribution in [3.63, 3.8) is 0 Å². The second-order valence-electron chi connectivity index (χ2n) is 13.7. The van der Waals surface area contributed by atoms with E-state index < -0.39 is 17.0 Å². The van der Waals surface area contributed by atoms with Gasteiger partial charge in [-0.25, -0.2) is 0 Å². The van der Waals surface area contributed by atoms with Crippen LogP contribution in [-0.4, -0.2) is 35.9 Å². The zero-order valence-corrected chi connectivity index (χ0v) is 34.0. The first-order valence-corrected chi connectivity index (χ1v) is 20.7. The van der Waals surface area contributed by atoms with Crippen LogP contribution < -0.4 is 9.47 Å². The summed E-state index contributed by atoms with van der Waals surface area (Å²) in [7, 11) is 9.78. The number of phenolic OH excluding ortho intramolecular Hbond substituents is 2. The number of halogens is 2. The summed E-state index contributed by atoms with van der Waals surface area (Å²) < 4.78 is 11.2. The van der Waals surface area contributed by atoms with Crippen LogP contribution in [-0.2, 0) is 27.9 Å². The second-order valence-corrected chi connectivity index (χ2v) is 16.3. The molecular formula is C42H50Cl2N2O4Ti. The average Bonchev–Trinajstić information content (AvgIpc) is 3.07. The summed E-state index contributed by atoms with van der Waals surface area (Å²) in [6.07, 6.45) is 6.77. The number of phenols is 2. The minimum atomic E-state index is -0.556. The minimum absolute atomic E-state index is 0.135. The fourth-order valence-corrected chi connectivity index (χ4v) is 4.90. The molecule has 4 aromatic carbocycles. The van der Waals surface area contributed by atoms with Gasteiger partial charge in [-0.05, 0) is 72.2 Å². The third-order valence-electron chi connectivity index (χ3n) is 7.31. The Hall–Kier alpha value is -3.81. The van der Waals surface area contributed by atoms with Gasteiger partial charge in [0.2, 0.25) is 0 Å². The molecule has 9 heteroatoms. The van der Waals surface area contributed by atoms with Gasteiger partial charge in [0, 0.05) is 34.7 Å². The van der Waals surface area contributed by atoms with Gasteiger partial charge in [0.1, 0.15) is 47.6 Å². The van der Waals surface area contributed by atoms with Gasteiger partial charge in [-0.3, -0.25) is 9.98 Å². The van der Waals surface area contributed by atoms with Crippen LogP contribution in [0.2, 0.25) is 0 Å². The standard InChI is InChI=1S/2C21H25NO2.2ClH.Ti/c2*1-6-11-24-19-10-8-7-9-18(19)22-14-16-12-15(2)13-17(20(16)23)21(3,4)5;;;/h2*6-10,12-14,23H,1,11H2,2-5H3;2*1H;/q;;;;+2/p-2. The molecule has 0 aliphatic carbocycles. The number of para-hydroxylation sites is 4. The molecular weight excluding hydrogens is 715 g/mol. The van der Waals surface area contributed by atoms with Crippen molar-refractivity contribution in [1.82, 2.24) is 0 Å². The fraction of sp³-hybridized carbons (Fsp3) is 0.286. The van der Waals surface area contributed by atoms with Crippen molar-refractivity contribution in [1.29, 1.82) is 0 Å². The summed E-state index contributed by atoms with van der Waals surface area (Å²) in [5, 5.41) is 21.2. The molecule has 4 aromatic rings. The monoisotopic (exact) mass is 764 g/mol. The predicted octanol–water partition coefficient (Wildman–Crippen LogP) is 12.0. The molecule has 0 atom stereocenters. The fourth-order valence-electron chi connectivity index (χ4n) is 4.90. The molecule has 0 amide bonds. The van der Waals surface area contributed by atoms with Crippen LogP contribution in [0.15, 0.2) is 108 Å². The van der Waals surface area contributed by atoms with Gasteiger partial charge in [-0.15, -0.1) is 0 Å². The normalized spacial score (nSPS) is 11.3. The van der Waals surface area contributed by atoms with Crippen LogP contribution >= 0.6 is 18.6 Å². The Balaban J connectivity index is 0.000000328. The summed E-state index contributed by atoms with van der Waals surface area (Å²) in [5.74, 6) is 1.94. The maximum absolute atomic E-state index is 10.6. The molecule has 6 nitrogen and oxygen atoms in total. The molecule has 0 fully saturated rings. The third-order valence-corrected chi connectivity index (χ3v) is 7.31. The predicted molar refractivity (Wildman–Crippen MR) is 214 cm³/mol. The first-order valence-electron chi connectivity index (χ1n) is 16.4. The first kappa shape index (κ1) is 43.4. The molecule has 0 aromatic heterocycles. The quantitative estimate of drug-likeness (QED) is 0.0957. The Kier molecular flexibility index (Phi) is 17.8. The number of hydrogen-bond donors (Lipinski definition) is 2. The van der Waals surface area contributed by atoms with Gasteiger partial charge in [0.05, 0.1) is 0 Å². The molecule has 0 saturated heterocycles. The van der Waals surface area contributed by atoms with Crippen LogP contribution in [0.1, 0.15) is 74.9 Å². The topological polar surface area (TPSA) is 83.6 Å². The summed E-state index contributed by atoms with van der Waals surface area (Å²) in [4.78, 5) is 9.02. The van der Waals surface area contributed by atoms with E-state index in [1.807, 2.05) is 86.6 Å². The van der Waals surface area contributed by atoms with E-state index in [0.717, 1.165) is 33.6 Å². The van der Waals surface area contributed by atoms with Gasteiger partial charge < -0.3 is 19.7 Å². The molecule has 4 rings (SSSR count). The van der Waals surface area contributed by atoms with E-state index in [4.69, 9.17) is 28.1 Å². The molecule has 0 heterocycles. The number of aromatic hydroxyl groups is 2. The van der Waals surface area contributed by atoms with Crippen molar-refractivity contribution >= 4 is 42.4 Å². The van der Waals surface area contributed by atoms with Crippen LogP contribution in [0.4, 0.5) is 11.4 Å². The van der Waals surface area contributed by atoms with Crippen LogP contribution in [0.3, 0.4) is 0 Å². The Morgan fingerprint density at radius 3 is 1.29 bits per heavy atom. The Labute approximate surface area is 321 Å². The number of aliphatic imine (C=N–C) groups is 2. The van der Waals surface area contributed by atoms with Crippen molar-refractivity contribution in [2.45, 2.75) is 66.2 Å². The van der Waals surface area contributed by atoms with Gasteiger partial charge in [-0.2, -0.15) is 0 Å². The van der Waals surface area contributed by atoms with Crippen molar-refractivity contribution in [2.24, 2.45) is 9.98 Å². The van der Waals surface area contributed by atoms with Gasteiger partial charge in [0.25, 0.3) is 0 Å².